The average Bonchev–Trinajstić information content (AvgIpc) is 2.67. The molecule has 1 aromatic carbocycles. The predicted molar refractivity (Wildman–Crippen MR) is 128 cm³/mol. The molecule has 0 heterocycles. The summed E-state index contributed by atoms with van der Waals surface area (Å²) in [6.45, 7) is 10.6. The number of benzene rings is 1. The molecule has 2 N–H and O–H groups in total. The van der Waals surface area contributed by atoms with Gasteiger partial charge >= 0.3 is 5.97 Å². The monoisotopic (exact) mass is 418 g/mol. The molecule has 3 nitrogen and oxygen atoms in total. The summed E-state index contributed by atoms with van der Waals surface area (Å²) < 4.78 is 0. The topological polar surface area (TPSA) is 57.5 Å². The third kappa shape index (κ3) is 9.53. The largest absolute Gasteiger partial charge is 0.507 e. The number of aryl methyl sites for hydroxylation is 1. The number of unbranched alkanes of at least 4 members (excludes halogenated alkanes) is 9. The Morgan fingerprint density at radius 1 is 0.900 bits per heavy atom. The normalized spacial score (nSPS) is 12.8. The second-order valence-corrected chi connectivity index (χ2v) is 9.95. The minimum Gasteiger partial charge on any atom is -0.507 e. The van der Waals surface area contributed by atoms with E-state index in [1.165, 1.54) is 57.8 Å². The lowest BCUT2D eigenvalue weighted by atomic mass is 9.80. The molecule has 1 unspecified atom stereocenters. The Balaban J connectivity index is 2.67. The van der Waals surface area contributed by atoms with Crippen LogP contribution in [0.5, 0.6) is 5.75 Å². The molecular formula is C27H46O3. The molecule has 0 saturated heterocycles. The maximum Gasteiger partial charge on any atom is 0.303 e. The van der Waals surface area contributed by atoms with Crippen LogP contribution in [0.1, 0.15) is 134 Å². The van der Waals surface area contributed by atoms with E-state index in [-0.39, 0.29) is 17.8 Å². The Hall–Kier alpha value is -1.51. The summed E-state index contributed by atoms with van der Waals surface area (Å²) >= 11 is 0. The zero-order chi connectivity index (χ0) is 22.6. The van der Waals surface area contributed by atoms with Crippen LogP contribution in [0, 0.1) is 0 Å². The van der Waals surface area contributed by atoms with Crippen LogP contribution in [0.2, 0.25) is 0 Å². The Bertz CT molecular complexity index is 628. The molecule has 0 bridgehead atoms. The number of phenolic OH excluding ortho intramolecular Hbond substituents is 1. The van der Waals surface area contributed by atoms with Gasteiger partial charge < -0.3 is 10.2 Å². The molecule has 0 radical (unpaired) electrons. The highest BCUT2D eigenvalue weighted by Crippen LogP contribution is 2.38. The van der Waals surface area contributed by atoms with Crippen molar-refractivity contribution in [1.29, 1.82) is 0 Å². The molecular weight excluding hydrogens is 372 g/mol. The first-order valence-corrected chi connectivity index (χ1v) is 12.3. The van der Waals surface area contributed by atoms with Crippen molar-refractivity contribution in [2.24, 2.45) is 0 Å². The Kier molecular flexibility index (Phi) is 12.1. The highest BCUT2D eigenvalue weighted by molar-refractivity contribution is 5.68. The van der Waals surface area contributed by atoms with Gasteiger partial charge in [0.05, 0.1) is 6.42 Å². The molecule has 0 fully saturated rings. The molecule has 0 aliphatic carbocycles. The lowest BCUT2D eigenvalue weighted by Crippen LogP contribution is -2.14. The fraction of sp³-hybridized carbons (Fsp3) is 0.741. The van der Waals surface area contributed by atoms with Crippen LogP contribution < -0.4 is 0 Å². The zero-order valence-corrected chi connectivity index (χ0v) is 20.2. The number of carbonyl (C=O) groups is 1. The number of aliphatic carboxylic acids is 1. The van der Waals surface area contributed by atoms with Crippen molar-refractivity contribution in [3.8, 4) is 5.75 Å². The van der Waals surface area contributed by atoms with Crippen molar-refractivity contribution in [2.75, 3.05) is 0 Å². The van der Waals surface area contributed by atoms with Gasteiger partial charge in [0, 0.05) is 0 Å². The van der Waals surface area contributed by atoms with Gasteiger partial charge in [-0.1, -0.05) is 111 Å². The molecule has 0 amide bonds. The van der Waals surface area contributed by atoms with Gasteiger partial charge in [0.15, 0.2) is 0 Å². The van der Waals surface area contributed by atoms with Crippen LogP contribution in [0.4, 0.5) is 0 Å². The first-order chi connectivity index (χ1) is 14.2. The molecule has 0 aliphatic rings. The van der Waals surface area contributed by atoms with Crippen molar-refractivity contribution >= 4 is 5.97 Å². The van der Waals surface area contributed by atoms with E-state index in [1.54, 1.807) is 0 Å². The van der Waals surface area contributed by atoms with Crippen molar-refractivity contribution in [2.45, 2.75) is 129 Å². The van der Waals surface area contributed by atoms with Gasteiger partial charge in [-0.15, -0.1) is 0 Å². The molecule has 0 spiro atoms. The van der Waals surface area contributed by atoms with Gasteiger partial charge in [-0.3, -0.25) is 4.79 Å². The summed E-state index contributed by atoms with van der Waals surface area (Å²) in [5.41, 5.74) is 2.76. The molecule has 1 rings (SSSR count). The highest BCUT2D eigenvalue weighted by Gasteiger charge is 2.24. The highest BCUT2D eigenvalue weighted by atomic mass is 16.4. The van der Waals surface area contributed by atoms with Crippen molar-refractivity contribution in [1.82, 2.24) is 0 Å². The number of rotatable bonds is 15. The number of hydrogen-bond acceptors (Lipinski definition) is 2. The Morgan fingerprint density at radius 3 is 1.90 bits per heavy atom. The summed E-state index contributed by atoms with van der Waals surface area (Å²) in [6.07, 6.45) is 14.7. The van der Waals surface area contributed by atoms with Gasteiger partial charge in [-0.25, -0.2) is 0 Å². The number of carboxylic acids is 1. The second kappa shape index (κ2) is 13.7. The summed E-state index contributed by atoms with van der Waals surface area (Å²) in [6, 6.07) is 4.09. The van der Waals surface area contributed by atoms with E-state index in [2.05, 4.69) is 33.8 Å². The van der Waals surface area contributed by atoms with E-state index < -0.39 is 5.97 Å². The van der Waals surface area contributed by atoms with E-state index in [9.17, 15) is 15.0 Å². The van der Waals surface area contributed by atoms with Crippen LogP contribution in [-0.2, 0) is 16.6 Å². The summed E-state index contributed by atoms with van der Waals surface area (Å²) in [4.78, 5) is 11.5. The number of carboxylic acid groups (broad SMARTS) is 1. The summed E-state index contributed by atoms with van der Waals surface area (Å²) in [5, 5.41) is 20.1. The van der Waals surface area contributed by atoms with Gasteiger partial charge in [0.25, 0.3) is 0 Å². The molecule has 30 heavy (non-hydrogen) atoms. The van der Waals surface area contributed by atoms with Gasteiger partial charge in [0.1, 0.15) is 5.75 Å². The fourth-order valence-electron chi connectivity index (χ4n) is 4.27. The summed E-state index contributed by atoms with van der Waals surface area (Å²) in [5.74, 6) is -0.346. The van der Waals surface area contributed by atoms with Crippen molar-refractivity contribution in [3.63, 3.8) is 0 Å². The van der Waals surface area contributed by atoms with Crippen molar-refractivity contribution in [3.05, 3.63) is 28.8 Å². The van der Waals surface area contributed by atoms with Gasteiger partial charge in [-0.2, -0.15) is 0 Å². The summed E-state index contributed by atoms with van der Waals surface area (Å²) in [7, 11) is 0. The van der Waals surface area contributed by atoms with Gasteiger partial charge in [0.2, 0.25) is 0 Å². The average molecular weight is 419 g/mol. The third-order valence-electron chi connectivity index (χ3n) is 6.20. The SMILES string of the molecule is CCCCCCCCCCCCC(CC(=O)O)c1cc(CC)c(O)c(C(C)(C)C)c1. The van der Waals surface area contributed by atoms with Crippen LogP contribution in [0.15, 0.2) is 12.1 Å². The van der Waals surface area contributed by atoms with E-state index in [0.717, 1.165) is 36.0 Å². The molecule has 1 atom stereocenters. The Labute approximate surface area is 185 Å². The smallest absolute Gasteiger partial charge is 0.303 e. The van der Waals surface area contributed by atoms with Gasteiger partial charge in [-0.05, 0) is 40.9 Å². The number of aromatic hydroxyl groups is 1. The molecule has 3 heteroatoms. The Morgan fingerprint density at radius 2 is 1.43 bits per heavy atom. The standard InChI is InChI=1S/C27H46O3/c1-6-8-9-10-11-12-13-14-15-16-17-22(20-25(28)29)23-18-21(7-2)26(30)24(19-23)27(3,4)5/h18-19,22,30H,6-17,20H2,1-5H3,(H,28,29). The molecule has 172 valence electrons. The van der Waals surface area contributed by atoms with E-state index in [4.69, 9.17) is 0 Å². The molecule has 0 saturated carbocycles. The van der Waals surface area contributed by atoms with E-state index in [0.29, 0.717) is 5.75 Å². The lowest BCUT2D eigenvalue weighted by Gasteiger charge is -2.25. The molecule has 0 aliphatic heterocycles. The minimum atomic E-state index is -0.740. The fourth-order valence-corrected chi connectivity index (χ4v) is 4.27. The number of phenols is 1. The third-order valence-corrected chi connectivity index (χ3v) is 6.20. The van der Waals surface area contributed by atoms with E-state index >= 15 is 0 Å². The van der Waals surface area contributed by atoms with Crippen molar-refractivity contribution < 1.29 is 15.0 Å². The maximum atomic E-state index is 11.5. The number of hydrogen-bond donors (Lipinski definition) is 2. The maximum absolute atomic E-state index is 11.5. The lowest BCUT2D eigenvalue weighted by molar-refractivity contribution is -0.137. The van der Waals surface area contributed by atoms with Crippen LogP contribution in [-0.4, -0.2) is 16.2 Å². The minimum absolute atomic E-state index is 0.0172. The zero-order valence-electron chi connectivity index (χ0n) is 20.2. The van der Waals surface area contributed by atoms with Crippen LogP contribution in [0.3, 0.4) is 0 Å². The van der Waals surface area contributed by atoms with E-state index in [1.807, 2.05) is 13.0 Å². The predicted octanol–water partition coefficient (Wildman–Crippen LogP) is 8.12. The first-order valence-electron chi connectivity index (χ1n) is 12.3. The van der Waals surface area contributed by atoms with Crippen LogP contribution >= 0.6 is 0 Å². The molecule has 0 aromatic heterocycles. The first kappa shape index (κ1) is 26.5. The second-order valence-electron chi connectivity index (χ2n) is 9.95. The quantitative estimate of drug-likeness (QED) is 0.283. The van der Waals surface area contributed by atoms with Crippen LogP contribution in [0.25, 0.3) is 0 Å². The molecule has 1 aromatic rings.